The molecule has 28 heavy (non-hydrogen) atoms. The van der Waals surface area contributed by atoms with Crippen molar-refractivity contribution < 1.29 is 5.11 Å². The molecule has 3 rings (SSSR count). The van der Waals surface area contributed by atoms with Crippen LogP contribution >= 0.6 is 11.6 Å². The second-order valence-corrected chi connectivity index (χ2v) is 7.16. The van der Waals surface area contributed by atoms with E-state index >= 15 is 0 Å². The Kier molecular flexibility index (Phi) is 6.03. The smallest absolute Gasteiger partial charge is 0.134 e. The second kappa shape index (κ2) is 8.47. The summed E-state index contributed by atoms with van der Waals surface area (Å²) >= 11 is 6.02. The first-order valence-electron chi connectivity index (χ1n) is 9.22. The highest BCUT2D eigenvalue weighted by molar-refractivity contribution is 6.30. The van der Waals surface area contributed by atoms with E-state index in [9.17, 15) is 10.4 Å². The van der Waals surface area contributed by atoms with E-state index in [1.807, 2.05) is 37.3 Å². The Morgan fingerprint density at radius 2 is 2.00 bits per heavy atom. The normalized spacial score (nSPS) is 10.8. The Balaban J connectivity index is 2.15. The van der Waals surface area contributed by atoms with Crippen LogP contribution in [0.15, 0.2) is 36.5 Å². The molecule has 2 heterocycles. The summed E-state index contributed by atoms with van der Waals surface area (Å²) in [6, 6.07) is 11.9. The number of hydrogen-bond donors (Lipinski definition) is 2. The lowest BCUT2D eigenvalue weighted by Crippen LogP contribution is -2.08. The van der Waals surface area contributed by atoms with Gasteiger partial charge in [0, 0.05) is 40.9 Å². The number of hydrogen-bond acceptors (Lipinski definition) is 4. The molecule has 0 aliphatic carbocycles. The number of nitriles is 1. The number of pyridine rings is 1. The van der Waals surface area contributed by atoms with E-state index in [2.05, 4.69) is 22.5 Å². The number of aliphatic hydroxyl groups excluding tert-OH is 1. The number of aliphatic hydroxyl groups is 1. The molecule has 1 aromatic carbocycles. The number of nitrogens with two attached hydrogens (primary N) is 1. The van der Waals surface area contributed by atoms with E-state index in [-0.39, 0.29) is 6.61 Å². The fourth-order valence-electron chi connectivity index (χ4n) is 3.55. The van der Waals surface area contributed by atoms with Gasteiger partial charge in [-0.05, 0) is 42.7 Å². The van der Waals surface area contributed by atoms with Crippen LogP contribution < -0.4 is 5.73 Å². The van der Waals surface area contributed by atoms with Crippen molar-refractivity contribution >= 4 is 17.3 Å². The van der Waals surface area contributed by atoms with Gasteiger partial charge in [0.1, 0.15) is 11.2 Å². The van der Waals surface area contributed by atoms with Crippen molar-refractivity contribution in [2.45, 2.75) is 39.8 Å². The second-order valence-electron chi connectivity index (χ2n) is 6.80. The van der Waals surface area contributed by atoms with Crippen LogP contribution in [0.25, 0.3) is 11.1 Å². The molecule has 0 radical (unpaired) electrons. The van der Waals surface area contributed by atoms with Crippen LogP contribution in [0.5, 0.6) is 0 Å². The van der Waals surface area contributed by atoms with E-state index in [0.29, 0.717) is 28.5 Å². The molecular weight excluding hydrogens is 372 g/mol. The highest BCUT2D eigenvalue weighted by atomic mass is 35.5. The van der Waals surface area contributed by atoms with Crippen molar-refractivity contribution in [1.82, 2.24) is 9.55 Å². The van der Waals surface area contributed by atoms with Crippen molar-refractivity contribution in [1.29, 1.82) is 5.26 Å². The van der Waals surface area contributed by atoms with Crippen molar-refractivity contribution in [2.75, 3.05) is 5.73 Å². The third-order valence-electron chi connectivity index (χ3n) is 4.91. The number of anilines is 1. The molecule has 5 nitrogen and oxygen atoms in total. The predicted molar refractivity (Wildman–Crippen MR) is 112 cm³/mol. The fourth-order valence-corrected chi connectivity index (χ4v) is 3.72. The van der Waals surface area contributed by atoms with Gasteiger partial charge in [-0.1, -0.05) is 37.1 Å². The zero-order chi connectivity index (χ0) is 20.3. The Bertz CT molecular complexity index is 1030. The van der Waals surface area contributed by atoms with Crippen LogP contribution in [0.4, 0.5) is 5.69 Å². The third kappa shape index (κ3) is 3.75. The number of rotatable bonds is 6. The number of nitrogen functional groups attached to an aromatic ring is 1. The minimum absolute atomic E-state index is 0.160. The lowest BCUT2D eigenvalue weighted by atomic mass is 10.00. The van der Waals surface area contributed by atoms with Crippen molar-refractivity contribution in [3.8, 4) is 17.2 Å². The molecule has 2 aromatic heterocycles. The van der Waals surface area contributed by atoms with Gasteiger partial charge in [0.15, 0.2) is 0 Å². The Morgan fingerprint density at radius 3 is 2.61 bits per heavy atom. The van der Waals surface area contributed by atoms with E-state index in [1.165, 1.54) is 0 Å². The molecular formula is C22H23ClN4O. The molecule has 6 heteroatoms. The monoisotopic (exact) mass is 394 g/mol. The minimum Gasteiger partial charge on any atom is -0.399 e. The molecule has 0 spiro atoms. The van der Waals surface area contributed by atoms with Crippen LogP contribution in [0.2, 0.25) is 5.15 Å². The zero-order valence-corrected chi connectivity index (χ0v) is 16.8. The Hall–Kier alpha value is -2.81. The molecule has 3 N–H and O–H groups in total. The average Bonchev–Trinajstić information content (AvgIpc) is 2.95. The highest BCUT2D eigenvalue weighted by Crippen LogP contribution is 2.34. The number of halogens is 1. The maximum absolute atomic E-state index is 9.91. The maximum atomic E-state index is 9.91. The van der Waals surface area contributed by atoms with Gasteiger partial charge in [0.05, 0.1) is 12.2 Å². The van der Waals surface area contributed by atoms with Crippen LogP contribution in [-0.2, 0) is 19.6 Å². The first-order chi connectivity index (χ1) is 13.5. The van der Waals surface area contributed by atoms with Crippen molar-refractivity contribution in [3.63, 3.8) is 0 Å². The summed E-state index contributed by atoms with van der Waals surface area (Å²) in [5.74, 6) is 0. The van der Waals surface area contributed by atoms with E-state index < -0.39 is 0 Å². The first kappa shape index (κ1) is 19.9. The standard InChI is InChI=1S/C22H23ClN4O/c1-3-4-20-19(10-24)21(16-5-7-18(25)8-6-16)14(2)27(20)12-15-9-17(13-28)22(23)26-11-15/h5-9,11,28H,3-4,12-13,25H2,1-2H3. The summed E-state index contributed by atoms with van der Waals surface area (Å²) < 4.78 is 2.17. The topological polar surface area (TPSA) is 87.9 Å². The summed E-state index contributed by atoms with van der Waals surface area (Å²) in [5.41, 5.74) is 12.7. The van der Waals surface area contributed by atoms with Gasteiger partial charge in [-0.2, -0.15) is 5.26 Å². The molecule has 3 aromatic rings. The molecule has 0 aliphatic heterocycles. The lowest BCUT2D eigenvalue weighted by Gasteiger charge is -2.13. The zero-order valence-electron chi connectivity index (χ0n) is 16.0. The average molecular weight is 395 g/mol. The van der Waals surface area contributed by atoms with E-state index in [4.69, 9.17) is 17.3 Å². The summed E-state index contributed by atoms with van der Waals surface area (Å²) in [6.45, 7) is 4.53. The van der Waals surface area contributed by atoms with E-state index in [1.54, 1.807) is 6.20 Å². The van der Waals surface area contributed by atoms with Gasteiger partial charge in [-0.3, -0.25) is 0 Å². The Morgan fingerprint density at radius 1 is 1.29 bits per heavy atom. The van der Waals surface area contributed by atoms with Crippen LogP contribution in [-0.4, -0.2) is 14.7 Å². The van der Waals surface area contributed by atoms with Crippen molar-refractivity contribution in [3.05, 3.63) is 69.8 Å². The summed E-state index contributed by atoms with van der Waals surface area (Å²) in [6.07, 6.45) is 3.44. The van der Waals surface area contributed by atoms with E-state index in [0.717, 1.165) is 40.9 Å². The van der Waals surface area contributed by atoms with Gasteiger partial charge in [-0.15, -0.1) is 0 Å². The lowest BCUT2D eigenvalue weighted by molar-refractivity contribution is 0.281. The summed E-state index contributed by atoms with van der Waals surface area (Å²) in [4.78, 5) is 4.18. The molecule has 144 valence electrons. The summed E-state index contributed by atoms with van der Waals surface area (Å²) in [7, 11) is 0. The molecule has 0 saturated heterocycles. The number of nitrogens with zero attached hydrogens (tertiary/aromatic N) is 3. The van der Waals surface area contributed by atoms with Gasteiger partial charge < -0.3 is 15.4 Å². The summed E-state index contributed by atoms with van der Waals surface area (Å²) in [5, 5.41) is 19.7. The van der Waals surface area contributed by atoms with Gasteiger partial charge >= 0.3 is 0 Å². The number of benzene rings is 1. The predicted octanol–water partition coefficient (Wildman–Crippen LogP) is 4.46. The molecule has 0 atom stereocenters. The highest BCUT2D eigenvalue weighted by Gasteiger charge is 2.21. The molecule has 0 fully saturated rings. The van der Waals surface area contributed by atoms with Crippen LogP contribution in [0, 0.1) is 18.3 Å². The minimum atomic E-state index is -0.160. The molecule has 0 bridgehead atoms. The third-order valence-corrected chi connectivity index (χ3v) is 5.25. The largest absolute Gasteiger partial charge is 0.399 e. The quantitative estimate of drug-likeness (QED) is 0.477. The fraction of sp³-hybridized carbons (Fsp3) is 0.273. The van der Waals surface area contributed by atoms with Crippen molar-refractivity contribution in [2.24, 2.45) is 0 Å². The van der Waals surface area contributed by atoms with Gasteiger partial charge in [-0.25, -0.2) is 4.98 Å². The molecule has 0 unspecified atom stereocenters. The maximum Gasteiger partial charge on any atom is 0.134 e. The molecule has 0 saturated carbocycles. The van der Waals surface area contributed by atoms with Gasteiger partial charge in [0.2, 0.25) is 0 Å². The Labute approximate surface area is 170 Å². The molecule has 0 aliphatic rings. The van der Waals surface area contributed by atoms with Gasteiger partial charge in [0.25, 0.3) is 0 Å². The molecule has 0 amide bonds. The SMILES string of the molecule is CCCc1c(C#N)c(-c2ccc(N)cc2)c(C)n1Cc1cnc(Cl)c(CO)c1. The van der Waals surface area contributed by atoms with Crippen LogP contribution in [0.3, 0.4) is 0 Å². The van der Waals surface area contributed by atoms with Crippen LogP contribution in [0.1, 0.15) is 41.4 Å². The first-order valence-corrected chi connectivity index (χ1v) is 9.60. The number of aromatic nitrogens is 2.